The van der Waals surface area contributed by atoms with Gasteiger partial charge in [-0.15, -0.1) is 0 Å². The van der Waals surface area contributed by atoms with Crippen LogP contribution >= 0.6 is 15.9 Å². The Labute approximate surface area is 95.4 Å². The van der Waals surface area contributed by atoms with Crippen LogP contribution in [0.2, 0.25) is 62.1 Å². The Balaban J connectivity index is 1.82. The summed E-state index contributed by atoms with van der Waals surface area (Å²) in [5.74, 6) is 0. The molecule has 10 aliphatic rings. The van der Waals surface area contributed by atoms with E-state index in [1.807, 2.05) is 0 Å². The van der Waals surface area contributed by atoms with Crippen molar-refractivity contribution >= 4 is 24.0 Å². The van der Waals surface area contributed by atoms with Crippen molar-refractivity contribution in [3.8, 4) is 0 Å². The Bertz CT molecular complexity index is 996. The number of rotatable bonds is 1. The van der Waals surface area contributed by atoms with Crippen molar-refractivity contribution in [1.29, 1.82) is 0 Å². The maximum absolute atomic E-state index is 4.48. The predicted octanol–water partition coefficient (Wildman–Crippen LogP) is 4.93. The van der Waals surface area contributed by atoms with Gasteiger partial charge in [0.2, 0.25) is 0 Å². The zero-order valence-corrected chi connectivity index (χ0v) is 13.5. The van der Waals surface area contributed by atoms with Crippen LogP contribution in [0.25, 0.3) is 0 Å². The summed E-state index contributed by atoms with van der Waals surface area (Å²) in [4.78, 5) is 11.7. The average molecular weight is 337 g/mol. The molecule has 0 aromatic carbocycles. The summed E-state index contributed by atoms with van der Waals surface area (Å²) in [5, 5.41) is 0. The van der Waals surface area contributed by atoms with Crippen LogP contribution in [0.3, 0.4) is 0 Å². The Morgan fingerprint density at radius 1 is 0.875 bits per heavy atom. The third kappa shape index (κ3) is 0.0551. The van der Waals surface area contributed by atoms with E-state index in [-0.39, 0.29) is 0 Å². The summed E-state index contributed by atoms with van der Waals surface area (Å²) in [6.45, 7) is 5.43. The number of hydrogen-bond donors (Lipinski definition) is 0. The Kier molecular flexibility index (Phi) is 0.199. The summed E-state index contributed by atoms with van der Waals surface area (Å²) >= 11 is 4.48. The molecule has 16 heavy (non-hydrogen) atoms. The van der Waals surface area contributed by atoms with E-state index in [1.165, 1.54) is 42.5 Å². The van der Waals surface area contributed by atoms with Crippen LogP contribution in [0.15, 0.2) is 0 Å². The first-order chi connectivity index (χ1) is 7.18. The molecule has 0 aliphatic carbocycles. The molecule has 10 rings (SSSR count). The van der Waals surface area contributed by atoms with E-state index in [9.17, 15) is 0 Å². The van der Waals surface area contributed by atoms with Crippen LogP contribution in [0.4, 0.5) is 0 Å². The Hall–Kier alpha value is 1.22. The van der Waals surface area contributed by atoms with Gasteiger partial charge in [-0.1, -0.05) is 0 Å². The minimum absolute atomic E-state index is 0.878. The molecular weight excluding hydrogens is 320 g/mol. The third-order valence-corrected chi connectivity index (χ3v) is 74.9. The predicted molar refractivity (Wildman–Crippen MR) is 67.7 cm³/mol. The van der Waals surface area contributed by atoms with Gasteiger partial charge in [-0.2, -0.15) is 0 Å². The zero-order chi connectivity index (χ0) is 10.4. The molecule has 88 valence electrons. The fraction of sp³-hybridized carbons (Fsp3) is 1.00. The Morgan fingerprint density at radius 3 is 1.38 bits per heavy atom. The van der Waals surface area contributed by atoms with Crippen LogP contribution in [-0.2, 0) is 6.51 Å². The number of hydrogen-bond acceptors (Lipinski definition) is 0. The summed E-state index contributed by atoms with van der Waals surface area (Å²) in [7, 11) is -0.878. The third-order valence-electron chi connectivity index (χ3n) is 15.8. The van der Waals surface area contributed by atoms with Crippen LogP contribution < -0.4 is 0 Å². The minimum atomic E-state index is -2.88. The van der Waals surface area contributed by atoms with Crippen LogP contribution in [0.1, 0.15) is 0 Å². The molecular formula is C13H17BrFeSi. The first kappa shape index (κ1) is 6.59. The first-order valence-electron chi connectivity index (χ1n) is 7.08. The van der Waals surface area contributed by atoms with E-state index < -0.39 is 14.6 Å². The van der Waals surface area contributed by atoms with Gasteiger partial charge in [-0.3, -0.25) is 0 Å². The number of fused-ring (bicyclic) bond motifs is 10. The van der Waals surface area contributed by atoms with Crippen LogP contribution in [0, 0.1) is 0 Å². The van der Waals surface area contributed by atoms with Crippen molar-refractivity contribution in [3.63, 3.8) is 0 Å². The molecule has 8 atom stereocenters. The summed E-state index contributed by atoms with van der Waals surface area (Å²) in [5.41, 5.74) is 0. The molecule has 0 nitrogen and oxygen atoms in total. The van der Waals surface area contributed by atoms with Gasteiger partial charge in [0.25, 0.3) is 0 Å². The van der Waals surface area contributed by atoms with Gasteiger partial charge in [-0.05, 0) is 0 Å². The molecule has 10 aliphatic heterocycles. The number of halogens is 1. The topological polar surface area (TPSA) is 0 Å². The standard InChI is InChI=1S/C8H13Si.C5H4Br.Fe/c1-9(2,3)8-6-4-5-7-8;6-5-3-1-2-4-5;/h4-7H,1-3H3;1-4H;. The molecule has 3 heteroatoms. The average Bonchev–Trinajstić information content (AvgIpc) is 3.08. The normalized spacial score (nSPS) is 132. The first-order valence-corrected chi connectivity index (χ1v) is 17.6. The molecule has 10 saturated heterocycles. The van der Waals surface area contributed by atoms with Crippen molar-refractivity contribution in [1.82, 2.24) is 0 Å². The second kappa shape index (κ2) is 0.482. The van der Waals surface area contributed by atoms with Crippen LogP contribution in [0.5, 0.6) is 0 Å². The maximum atomic E-state index is 4.48. The molecule has 0 amide bonds. The van der Waals surface area contributed by atoms with Gasteiger partial charge in [0.1, 0.15) is 0 Å². The molecule has 10 fully saturated rings. The van der Waals surface area contributed by atoms with E-state index in [0.717, 1.165) is 3.22 Å². The SMILES string of the molecule is C[Si](C)(C)[C]12[CH]3[CH]4[CH]5[CH]1[Fe]45321678[CH]2[CH]1[CH]6[C]7(Br)[CH]28. The molecule has 0 bridgehead atoms. The van der Waals surface area contributed by atoms with E-state index in [4.69, 9.17) is 0 Å². The van der Waals surface area contributed by atoms with Crippen molar-refractivity contribution < 1.29 is 6.51 Å². The molecule has 0 N–H and O–H groups in total. The second-order valence-electron chi connectivity index (χ2n) is 11.9. The molecule has 0 aromatic heterocycles. The van der Waals surface area contributed by atoms with Crippen molar-refractivity contribution in [3.05, 3.63) is 0 Å². The zero-order valence-electron chi connectivity index (χ0n) is 9.85. The fourth-order valence-electron chi connectivity index (χ4n) is 18.4. The van der Waals surface area contributed by atoms with Gasteiger partial charge in [0.15, 0.2) is 0 Å². The fourth-order valence-corrected chi connectivity index (χ4v) is 133. The molecule has 0 radical (unpaired) electrons. The summed E-state index contributed by atoms with van der Waals surface area (Å²) in [6.07, 6.45) is 0. The molecule has 8 unspecified atom stereocenters. The van der Waals surface area contributed by atoms with Gasteiger partial charge in [-0.25, -0.2) is 0 Å². The van der Waals surface area contributed by atoms with E-state index >= 15 is 0 Å². The van der Waals surface area contributed by atoms with Crippen molar-refractivity contribution in [2.75, 3.05) is 0 Å². The van der Waals surface area contributed by atoms with Crippen molar-refractivity contribution in [2.24, 2.45) is 0 Å². The molecule has 0 saturated carbocycles. The Morgan fingerprint density at radius 2 is 1.31 bits per heavy atom. The second-order valence-corrected chi connectivity index (χ2v) is 42.9. The van der Waals surface area contributed by atoms with E-state index in [1.54, 1.807) is 0 Å². The molecule has 10 heterocycles. The van der Waals surface area contributed by atoms with E-state index in [0.29, 0.717) is 0 Å². The van der Waals surface area contributed by atoms with Gasteiger partial charge in [0.05, 0.1) is 0 Å². The van der Waals surface area contributed by atoms with Crippen molar-refractivity contribution in [2.45, 2.75) is 65.3 Å². The quantitative estimate of drug-likeness (QED) is 0.470. The van der Waals surface area contributed by atoms with Gasteiger partial charge in [0, 0.05) is 0 Å². The van der Waals surface area contributed by atoms with Crippen LogP contribution in [-0.4, -0.2) is 11.3 Å². The summed E-state index contributed by atoms with van der Waals surface area (Å²) < 4.78 is 2.15. The summed E-state index contributed by atoms with van der Waals surface area (Å²) in [6, 6.07) is 0. The number of alkyl halides is 1. The van der Waals surface area contributed by atoms with Gasteiger partial charge < -0.3 is 0 Å². The molecule has 1 spiro atoms. The van der Waals surface area contributed by atoms with E-state index in [2.05, 4.69) is 35.6 Å². The van der Waals surface area contributed by atoms with Gasteiger partial charge >= 0.3 is 95.8 Å². The monoisotopic (exact) mass is 336 g/mol. The molecule has 0 aromatic rings.